The van der Waals surface area contributed by atoms with E-state index in [1.54, 1.807) is 61.7 Å². The number of pyridine rings is 1. The minimum absolute atomic E-state index is 0.0179. The van der Waals surface area contributed by atoms with Crippen LogP contribution in [0.1, 0.15) is 15.4 Å². The van der Waals surface area contributed by atoms with Gasteiger partial charge in [0.05, 0.1) is 30.9 Å². The summed E-state index contributed by atoms with van der Waals surface area (Å²) < 4.78 is 45.2. The van der Waals surface area contributed by atoms with Crippen molar-refractivity contribution in [1.82, 2.24) is 10.3 Å². The Balaban J connectivity index is 1.55. The molecule has 0 amide bonds. The van der Waals surface area contributed by atoms with Crippen LogP contribution in [0.25, 0.3) is 38.3 Å². The number of anilines is 1. The first kappa shape index (κ1) is 26.8. The van der Waals surface area contributed by atoms with Crippen LogP contribution < -0.4 is 25.0 Å². The Morgan fingerprint density at radius 3 is 2.26 bits per heavy atom. The maximum Gasteiger partial charge on any atom is 0.312 e. The Labute approximate surface area is 241 Å². The summed E-state index contributed by atoms with van der Waals surface area (Å²) in [5, 5.41) is 16.7. The number of ether oxygens (including phenoxy) is 2. The van der Waals surface area contributed by atoms with Crippen molar-refractivity contribution in [3.63, 3.8) is 0 Å². The number of aromatic nitrogens is 3. The van der Waals surface area contributed by atoms with Gasteiger partial charge >= 0.3 is 5.69 Å². The van der Waals surface area contributed by atoms with Crippen molar-refractivity contribution >= 4 is 33.0 Å². The maximum absolute atomic E-state index is 15.1. The zero-order valence-corrected chi connectivity index (χ0v) is 22.9. The number of hydrogen-bond acceptors (Lipinski definition) is 9. The van der Waals surface area contributed by atoms with E-state index in [-0.39, 0.29) is 27.2 Å². The smallest absolute Gasteiger partial charge is 0.312 e. The molecule has 0 aliphatic rings. The average molecular weight is 587 g/mol. The zero-order valence-electron chi connectivity index (χ0n) is 22.1. The third kappa shape index (κ3) is 4.57. The molecule has 6 rings (SSSR count). The number of halogens is 2. The number of methoxy groups -OCH3 is 2. The summed E-state index contributed by atoms with van der Waals surface area (Å²) in [6.07, 6.45) is 0. The van der Waals surface area contributed by atoms with Crippen LogP contribution in [-0.2, 0) is 0 Å². The first-order valence-electron chi connectivity index (χ1n) is 12.4. The Hall–Kier alpha value is -5.36. The van der Waals surface area contributed by atoms with Crippen molar-refractivity contribution < 1.29 is 37.4 Å². The van der Waals surface area contributed by atoms with E-state index in [9.17, 15) is 14.3 Å². The summed E-state index contributed by atoms with van der Waals surface area (Å²) in [5.41, 5.74) is 7.98. The minimum Gasteiger partial charge on any atom is -0.539 e. The molecular formula is C30H20F2N4O5S. The fourth-order valence-electron chi connectivity index (χ4n) is 4.56. The zero-order chi connectivity index (χ0) is 29.5. The number of fused-ring (bicyclic) bond motifs is 1. The molecule has 0 saturated carbocycles. The van der Waals surface area contributed by atoms with Crippen molar-refractivity contribution in [3.8, 4) is 45.5 Å². The fourth-order valence-corrected chi connectivity index (χ4v) is 5.62. The molecule has 42 heavy (non-hydrogen) atoms. The van der Waals surface area contributed by atoms with E-state index in [0.717, 1.165) is 28.2 Å². The number of nitrogens with two attached hydrogens (primary N) is 1. The standard InChI is InChI=1S/C30H20F2N4O5S/c1-39-18-8-3-15(4-9-18)23-14-21(20-12-5-16(31)13-22(20)32)24-25(33)28(42-29(24)34-23)27(37)26-30(38)41-35-36(26)17-6-10-19(40-2)11-7-17/h3-14H,1-2H3,(H2-,33,35,37,38). The maximum atomic E-state index is 15.1. The Morgan fingerprint density at radius 2 is 1.62 bits per heavy atom. The monoisotopic (exact) mass is 586 g/mol. The van der Waals surface area contributed by atoms with Crippen molar-refractivity contribution in [3.05, 3.63) is 95.0 Å². The van der Waals surface area contributed by atoms with Gasteiger partial charge in [-0.2, -0.15) is 0 Å². The number of nitrogens with zero attached hydrogens (tertiary/aromatic N) is 3. The van der Waals surface area contributed by atoms with Gasteiger partial charge in [-0.1, -0.05) is 0 Å². The van der Waals surface area contributed by atoms with Gasteiger partial charge in [0.15, 0.2) is 5.95 Å². The molecule has 0 bridgehead atoms. The molecule has 6 aromatic rings. The lowest BCUT2D eigenvalue weighted by Crippen LogP contribution is -2.39. The Kier molecular flexibility index (Phi) is 6.75. The highest BCUT2D eigenvalue weighted by atomic mass is 32.1. The van der Waals surface area contributed by atoms with Gasteiger partial charge in [-0.25, -0.2) is 13.8 Å². The van der Waals surface area contributed by atoms with Gasteiger partial charge in [0, 0.05) is 34.7 Å². The first-order valence-corrected chi connectivity index (χ1v) is 13.2. The number of benzene rings is 3. The van der Waals surface area contributed by atoms with Crippen LogP contribution in [-0.4, -0.2) is 30.3 Å². The third-order valence-electron chi connectivity index (χ3n) is 6.65. The fraction of sp³-hybridized carbons (Fsp3) is 0.0667. The van der Waals surface area contributed by atoms with Gasteiger partial charge < -0.3 is 24.8 Å². The number of hydrogen-bond donors (Lipinski definition) is 1. The number of thiophene rings is 1. The van der Waals surface area contributed by atoms with Gasteiger partial charge in [0.25, 0.3) is 5.78 Å². The molecule has 12 heteroatoms. The third-order valence-corrected chi connectivity index (χ3v) is 7.75. The molecule has 0 aliphatic heterocycles. The highest BCUT2D eigenvalue weighted by Gasteiger charge is 2.33. The predicted molar refractivity (Wildman–Crippen MR) is 149 cm³/mol. The topological polar surface area (TPSA) is 127 Å². The summed E-state index contributed by atoms with van der Waals surface area (Å²) in [7, 11) is 3.05. The van der Waals surface area contributed by atoms with E-state index in [1.807, 2.05) is 0 Å². The molecule has 0 spiro atoms. The first-order chi connectivity index (χ1) is 20.3. The highest BCUT2D eigenvalue weighted by molar-refractivity contribution is 7.21. The van der Waals surface area contributed by atoms with Crippen LogP contribution in [0, 0.1) is 11.6 Å². The molecular weight excluding hydrogens is 566 g/mol. The molecule has 2 N–H and O–H groups in total. The van der Waals surface area contributed by atoms with Gasteiger partial charge in [-0.15, -0.1) is 11.3 Å². The van der Waals surface area contributed by atoms with E-state index in [1.165, 1.54) is 13.2 Å². The van der Waals surface area contributed by atoms with Crippen LogP contribution in [0.15, 0.2) is 77.3 Å². The molecule has 3 aromatic carbocycles. The summed E-state index contributed by atoms with van der Waals surface area (Å²) in [4.78, 5) is 18.8. The number of carbonyl (C=O) groups excluding carboxylic acids is 1. The van der Waals surface area contributed by atoms with Crippen LogP contribution in [0.5, 0.6) is 17.4 Å². The second-order valence-corrected chi connectivity index (χ2v) is 10.1. The minimum atomic E-state index is -0.968. The quantitative estimate of drug-likeness (QED) is 0.203. The van der Waals surface area contributed by atoms with Crippen molar-refractivity contribution in [2.45, 2.75) is 0 Å². The van der Waals surface area contributed by atoms with Crippen LogP contribution >= 0.6 is 11.3 Å². The number of carbonyl (C=O) groups is 1. The Morgan fingerprint density at radius 1 is 0.952 bits per heavy atom. The SMILES string of the molecule is COc1ccc(-c2cc(-c3ccc(F)cc3F)c3c(N)c(C(=O)c4c([O-])on[n+]4-c4ccc(OC)cc4)sc3n2)cc1. The average Bonchev–Trinajstić information content (AvgIpc) is 3.56. The van der Waals surface area contributed by atoms with Crippen LogP contribution in [0.4, 0.5) is 14.5 Å². The molecule has 0 atom stereocenters. The summed E-state index contributed by atoms with van der Waals surface area (Å²) >= 11 is 0.935. The van der Waals surface area contributed by atoms with Gasteiger partial charge in [0.2, 0.25) is 5.69 Å². The molecule has 3 aromatic heterocycles. The highest BCUT2D eigenvalue weighted by Crippen LogP contribution is 2.43. The second-order valence-electron chi connectivity index (χ2n) is 9.08. The number of ketones is 1. The normalized spacial score (nSPS) is 11.1. The van der Waals surface area contributed by atoms with E-state index < -0.39 is 23.4 Å². The molecule has 210 valence electrons. The molecule has 0 saturated heterocycles. The lowest BCUT2D eigenvalue weighted by atomic mass is 9.98. The van der Waals surface area contributed by atoms with E-state index in [4.69, 9.17) is 24.7 Å². The lowest BCUT2D eigenvalue weighted by Gasteiger charge is -2.10. The van der Waals surface area contributed by atoms with Crippen LogP contribution in [0.3, 0.4) is 0 Å². The van der Waals surface area contributed by atoms with Crippen molar-refractivity contribution in [2.24, 2.45) is 0 Å². The largest absolute Gasteiger partial charge is 0.539 e. The summed E-state index contributed by atoms with van der Waals surface area (Å²) in [6, 6.07) is 18.3. The number of rotatable bonds is 7. The van der Waals surface area contributed by atoms with Crippen molar-refractivity contribution in [2.75, 3.05) is 20.0 Å². The lowest BCUT2D eigenvalue weighted by molar-refractivity contribution is -0.672. The van der Waals surface area contributed by atoms with E-state index in [0.29, 0.717) is 38.8 Å². The van der Waals surface area contributed by atoms with Crippen LogP contribution in [0.2, 0.25) is 0 Å². The molecule has 9 nitrogen and oxygen atoms in total. The number of nitrogen functional groups attached to an aromatic ring is 1. The predicted octanol–water partition coefficient (Wildman–Crippen LogP) is 5.08. The van der Waals surface area contributed by atoms with Gasteiger partial charge in [-0.3, -0.25) is 4.79 Å². The summed E-state index contributed by atoms with van der Waals surface area (Å²) in [5.74, 6) is -2.10. The van der Waals surface area contributed by atoms with E-state index >= 15 is 4.39 Å². The molecule has 3 heterocycles. The second kappa shape index (κ2) is 10.6. The van der Waals surface area contributed by atoms with E-state index in [2.05, 4.69) is 5.27 Å². The molecule has 0 aliphatic carbocycles. The van der Waals surface area contributed by atoms with Crippen molar-refractivity contribution in [1.29, 1.82) is 0 Å². The van der Waals surface area contributed by atoms with Gasteiger partial charge in [-0.05, 0) is 64.8 Å². The summed E-state index contributed by atoms with van der Waals surface area (Å²) in [6.45, 7) is 0. The Bertz CT molecular complexity index is 1970. The molecule has 0 unspecified atom stereocenters. The van der Waals surface area contributed by atoms with Gasteiger partial charge in [0.1, 0.15) is 32.8 Å². The molecule has 0 radical (unpaired) electrons. The molecule has 0 fully saturated rings.